The summed E-state index contributed by atoms with van der Waals surface area (Å²) in [7, 11) is 0. The monoisotopic (exact) mass is 295 g/mol. The molecule has 0 radical (unpaired) electrons. The van der Waals surface area contributed by atoms with Crippen molar-refractivity contribution in [3.05, 3.63) is 27.9 Å². The summed E-state index contributed by atoms with van der Waals surface area (Å²) in [5.74, 6) is 0.164. The minimum absolute atomic E-state index is 0.0723. The maximum atomic E-state index is 11.0. The lowest BCUT2D eigenvalue weighted by molar-refractivity contribution is -0.385. The van der Waals surface area contributed by atoms with E-state index >= 15 is 0 Å². The maximum absolute atomic E-state index is 11.0. The number of aromatic nitrogens is 1. The molecule has 0 aromatic carbocycles. The lowest BCUT2D eigenvalue weighted by Crippen LogP contribution is -2.42. The van der Waals surface area contributed by atoms with Crippen molar-refractivity contribution in [2.75, 3.05) is 18.0 Å². The summed E-state index contributed by atoms with van der Waals surface area (Å²) in [5.41, 5.74) is 4.97. The summed E-state index contributed by atoms with van der Waals surface area (Å²) in [4.78, 5) is 16.4. The van der Waals surface area contributed by atoms with Gasteiger partial charge in [0.2, 0.25) is 0 Å². The Labute approximate surface area is 120 Å². The van der Waals surface area contributed by atoms with Gasteiger partial charge in [-0.05, 0) is 18.4 Å². The van der Waals surface area contributed by atoms with Crippen LogP contribution in [0.3, 0.4) is 0 Å². The number of pyridine rings is 1. The first-order chi connectivity index (χ1) is 9.93. The zero-order chi connectivity index (χ0) is 15.6. The molecule has 1 aromatic heterocycles. The second-order valence-electron chi connectivity index (χ2n) is 5.06. The highest BCUT2D eigenvalue weighted by Gasteiger charge is 2.27. The zero-order valence-electron chi connectivity index (χ0n) is 11.5. The van der Waals surface area contributed by atoms with Gasteiger partial charge in [0.05, 0.1) is 11.0 Å². The lowest BCUT2D eigenvalue weighted by atomic mass is 9.97. The van der Waals surface area contributed by atoms with Gasteiger partial charge >= 0.3 is 0 Å². The first-order valence-corrected chi connectivity index (χ1v) is 6.50. The van der Waals surface area contributed by atoms with Crippen LogP contribution in [-0.4, -0.2) is 45.3 Å². The average molecular weight is 295 g/mol. The molecule has 4 N–H and O–H groups in total. The van der Waals surface area contributed by atoms with Gasteiger partial charge in [-0.25, -0.2) is 4.98 Å². The Morgan fingerprint density at radius 2 is 2.33 bits per heavy atom. The van der Waals surface area contributed by atoms with Crippen LogP contribution < -0.4 is 10.6 Å². The van der Waals surface area contributed by atoms with Crippen molar-refractivity contribution in [3.63, 3.8) is 0 Å². The first kappa shape index (κ1) is 15.0. The van der Waals surface area contributed by atoms with Crippen molar-refractivity contribution < 1.29 is 15.2 Å². The van der Waals surface area contributed by atoms with E-state index in [4.69, 9.17) is 10.9 Å². The molecule has 9 nitrogen and oxygen atoms in total. The number of anilines is 1. The molecule has 1 aliphatic rings. The molecule has 0 aliphatic carbocycles. The average Bonchev–Trinajstić information content (AvgIpc) is 2.48. The number of nitrogens with zero attached hydrogens (tertiary/aromatic N) is 4. The molecule has 1 aromatic rings. The Morgan fingerprint density at radius 3 is 2.90 bits per heavy atom. The number of hydrogen-bond donors (Lipinski definition) is 3. The van der Waals surface area contributed by atoms with Crippen molar-refractivity contribution in [2.24, 2.45) is 16.8 Å². The van der Waals surface area contributed by atoms with Crippen LogP contribution in [0.2, 0.25) is 0 Å². The molecule has 1 aliphatic heterocycles. The van der Waals surface area contributed by atoms with Gasteiger partial charge in [-0.2, -0.15) is 0 Å². The van der Waals surface area contributed by atoms with Gasteiger partial charge in [0.1, 0.15) is 5.82 Å². The molecule has 1 fully saturated rings. The van der Waals surface area contributed by atoms with E-state index < -0.39 is 10.8 Å². The minimum Gasteiger partial charge on any atom is -0.409 e. The fraction of sp³-hybridized carbons (Fsp3) is 0.500. The summed E-state index contributed by atoms with van der Waals surface area (Å²) < 4.78 is 0. The summed E-state index contributed by atoms with van der Waals surface area (Å²) >= 11 is 0. The largest absolute Gasteiger partial charge is 0.409 e. The van der Waals surface area contributed by atoms with Gasteiger partial charge < -0.3 is 20.9 Å². The smallest absolute Gasteiger partial charge is 0.298 e. The molecule has 114 valence electrons. The van der Waals surface area contributed by atoms with Gasteiger partial charge in [-0.1, -0.05) is 12.1 Å². The van der Waals surface area contributed by atoms with E-state index in [1.807, 2.05) is 11.8 Å². The number of hydrogen-bond acceptors (Lipinski definition) is 7. The molecule has 0 amide bonds. The molecule has 2 atom stereocenters. The fourth-order valence-electron chi connectivity index (χ4n) is 2.34. The highest BCUT2D eigenvalue weighted by Crippen LogP contribution is 2.25. The van der Waals surface area contributed by atoms with Crippen molar-refractivity contribution in [1.82, 2.24) is 4.98 Å². The maximum Gasteiger partial charge on any atom is 0.298 e. The number of aliphatic hydroxyl groups is 1. The van der Waals surface area contributed by atoms with E-state index in [1.54, 1.807) is 0 Å². The van der Waals surface area contributed by atoms with E-state index in [1.165, 1.54) is 12.1 Å². The summed E-state index contributed by atoms with van der Waals surface area (Å²) in [6.07, 6.45) is 0.237. The SMILES string of the molecule is CC1CN(c2ccc([N+](=O)[O-])c(/C(N)=N/O)n2)CCC1O. The molecular weight excluding hydrogens is 278 g/mol. The number of nitrogens with two attached hydrogens (primary N) is 1. The molecule has 2 unspecified atom stereocenters. The van der Waals surface area contributed by atoms with Crippen LogP contribution in [0.4, 0.5) is 11.5 Å². The third kappa shape index (κ3) is 3.02. The Kier molecular flexibility index (Phi) is 4.22. The minimum atomic E-state index is -0.632. The van der Waals surface area contributed by atoms with Gasteiger partial charge in [0.25, 0.3) is 5.69 Å². The molecule has 9 heteroatoms. The van der Waals surface area contributed by atoms with Crippen LogP contribution in [0.5, 0.6) is 0 Å². The van der Waals surface area contributed by atoms with Gasteiger partial charge in [-0.15, -0.1) is 0 Å². The molecule has 0 bridgehead atoms. The molecule has 21 heavy (non-hydrogen) atoms. The van der Waals surface area contributed by atoms with E-state index in [2.05, 4.69) is 10.1 Å². The van der Waals surface area contributed by atoms with E-state index in [0.717, 1.165) is 0 Å². The fourth-order valence-corrected chi connectivity index (χ4v) is 2.34. The van der Waals surface area contributed by atoms with Crippen molar-refractivity contribution >= 4 is 17.3 Å². The quantitative estimate of drug-likeness (QED) is 0.239. The predicted molar refractivity (Wildman–Crippen MR) is 75.4 cm³/mol. The van der Waals surface area contributed by atoms with Crippen LogP contribution >= 0.6 is 0 Å². The van der Waals surface area contributed by atoms with Crippen LogP contribution in [-0.2, 0) is 0 Å². The Bertz CT molecular complexity index is 577. The number of oxime groups is 1. The Hall–Kier alpha value is -2.42. The van der Waals surface area contributed by atoms with Crippen LogP contribution in [0.15, 0.2) is 17.3 Å². The van der Waals surface area contributed by atoms with Crippen LogP contribution in [0.25, 0.3) is 0 Å². The van der Waals surface area contributed by atoms with Gasteiger partial charge in [0, 0.05) is 19.2 Å². The third-order valence-electron chi connectivity index (χ3n) is 3.59. The number of piperidine rings is 1. The summed E-state index contributed by atoms with van der Waals surface area (Å²) in [6.45, 7) is 3.10. The van der Waals surface area contributed by atoms with Crippen molar-refractivity contribution in [1.29, 1.82) is 0 Å². The molecule has 1 saturated heterocycles. The number of rotatable bonds is 3. The van der Waals surface area contributed by atoms with E-state index in [0.29, 0.717) is 25.3 Å². The van der Waals surface area contributed by atoms with Crippen LogP contribution in [0, 0.1) is 16.0 Å². The highest BCUT2D eigenvalue weighted by atomic mass is 16.6. The Morgan fingerprint density at radius 1 is 1.62 bits per heavy atom. The topological polar surface area (TPSA) is 138 Å². The zero-order valence-corrected chi connectivity index (χ0v) is 11.5. The predicted octanol–water partition coefficient (Wildman–Crippen LogP) is 0.291. The number of aliphatic hydroxyl groups excluding tert-OH is 1. The van der Waals surface area contributed by atoms with E-state index in [-0.39, 0.29) is 23.4 Å². The highest BCUT2D eigenvalue weighted by molar-refractivity contribution is 5.99. The number of nitro groups is 1. The second kappa shape index (κ2) is 5.92. The second-order valence-corrected chi connectivity index (χ2v) is 5.06. The van der Waals surface area contributed by atoms with Gasteiger partial charge in [-0.3, -0.25) is 10.1 Å². The molecule has 0 saturated carbocycles. The normalized spacial score (nSPS) is 23.1. The van der Waals surface area contributed by atoms with Crippen LogP contribution in [0.1, 0.15) is 19.0 Å². The van der Waals surface area contributed by atoms with Gasteiger partial charge in [0.15, 0.2) is 11.5 Å². The van der Waals surface area contributed by atoms with Crippen molar-refractivity contribution in [2.45, 2.75) is 19.4 Å². The molecule has 2 heterocycles. The lowest BCUT2D eigenvalue weighted by Gasteiger charge is -2.35. The number of amidine groups is 1. The Balaban J connectivity index is 2.36. The molecular formula is C12H17N5O4. The molecule has 0 spiro atoms. The summed E-state index contributed by atoms with van der Waals surface area (Å²) in [6, 6.07) is 2.81. The first-order valence-electron chi connectivity index (χ1n) is 6.50. The summed E-state index contributed by atoms with van der Waals surface area (Å²) in [5, 5.41) is 32.2. The van der Waals surface area contributed by atoms with Crippen molar-refractivity contribution in [3.8, 4) is 0 Å². The van der Waals surface area contributed by atoms with E-state index in [9.17, 15) is 15.2 Å². The third-order valence-corrected chi connectivity index (χ3v) is 3.59. The molecule has 2 rings (SSSR count). The standard InChI is InChI=1S/C12H17N5O4/c1-7-6-16(5-4-9(7)18)10-3-2-8(17(20)21)11(14-10)12(13)15-19/h2-3,7,9,18-19H,4-6H2,1H3,(H2,13,15).